The molecule has 0 aliphatic heterocycles. The number of hydrogen-bond donors (Lipinski definition) is 1. The maximum absolute atomic E-state index is 12.5. The number of anilines is 1. The maximum Gasteiger partial charge on any atom is 0.258 e. The van der Waals surface area contributed by atoms with Gasteiger partial charge in [-0.15, -0.1) is 0 Å². The van der Waals surface area contributed by atoms with Gasteiger partial charge >= 0.3 is 0 Å². The van der Waals surface area contributed by atoms with Gasteiger partial charge in [0.25, 0.3) is 5.91 Å². The van der Waals surface area contributed by atoms with E-state index in [0.29, 0.717) is 34.7 Å². The first kappa shape index (κ1) is 17.4. The minimum absolute atomic E-state index is 0.0119. The fraction of sp³-hybridized carbons (Fsp3) is 0.143. The van der Waals surface area contributed by atoms with Crippen molar-refractivity contribution in [3.8, 4) is 0 Å². The first-order valence-electron chi connectivity index (χ1n) is 8.62. The van der Waals surface area contributed by atoms with Gasteiger partial charge in [-0.2, -0.15) is 0 Å². The number of nitrogens with zero attached hydrogens (tertiary/aromatic N) is 2. The number of carbonyl (C=O) groups is 2. The smallest absolute Gasteiger partial charge is 0.258 e. The molecule has 4 rings (SSSR count). The standard InChI is InChI=1S/C21H16ClN3O2/c22-17-9-5-4-8-15(17)14-10-18-16(19(26)11-14)12-23-21(24-18)25-20(27)13-6-2-1-3-7-13/h1-9,12,14H,10-11H2,(H,23,24,25,27)/t14-/m0/s1. The van der Waals surface area contributed by atoms with Gasteiger partial charge in [0.05, 0.1) is 11.3 Å². The summed E-state index contributed by atoms with van der Waals surface area (Å²) in [6.07, 6.45) is 2.44. The monoisotopic (exact) mass is 377 g/mol. The molecule has 1 N–H and O–H groups in total. The van der Waals surface area contributed by atoms with E-state index in [1.807, 2.05) is 30.3 Å². The third-order valence-electron chi connectivity index (χ3n) is 4.65. The second-order valence-corrected chi connectivity index (χ2v) is 6.83. The number of carbonyl (C=O) groups excluding carboxylic acids is 2. The maximum atomic E-state index is 12.5. The van der Waals surface area contributed by atoms with E-state index in [9.17, 15) is 9.59 Å². The fourth-order valence-corrected chi connectivity index (χ4v) is 3.58. The van der Waals surface area contributed by atoms with Gasteiger partial charge in [-0.1, -0.05) is 48.0 Å². The third kappa shape index (κ3) is 3.59. The highest BCUT2D eigenvalue weighted by atomic mass is 35.5. The summed E-state index contributed by atoms with van der Waals surface area (Å²) in [5, 5.41) is 3.33. The topological polar surface area (TPSA) is 72.0 Å². The molecular weight excluding hydrogens is 362 g/mol. The van der Waals surface area contributed by atoms with E-state index < -0.39 is 0 Å². The quantitative estimate of drug-likeness (QED) is 0.738. The van der Waals surface area contributed by atoms with Crippen molar-refractivity contribution in [2.24, 2.45) is 0 Å². The minimum atomic E-state index is -0.291. The molecule has 0 radical (unpaired) electrons. The molecule has 6 heteroatoms. The summed E-state index contributed by atoms with van der Waals surface area (Å²) >= 11 is 6.30. The minimum Gasteiger partial charge on any atom is -0.294 e. The van der Waals surface area contributed by atoms with Gasteiger partial charge in [0.15, 0.2) is 5.78 Å². The summed E-state index contributed by atoms with van der Waals surface area (Å²) in [5.74, 6) is -0.149. The Kier molecular flexibility index (Phi) is 4.69. The predicted molar refractivity (Wildman–Crippen MR) is 103 cm³/mol. The lowest BCUT2D eigenvalue weighted by molar-refractivity contribution is 0.0962. The van der Waals surface area contributed by atoms with E-state index in [-0.39, 0.29) is 23.6 Å². The van der Waals surface area contributed by atoms with Gasteiger partial charge in [0.1, 0.15) is 0 Å². The molecule has 0 saturated carbocycles. The molecule has 0 fully saturated rings. The summed E-state index contributed by atoms with van der Waals surface area (Å²) in [6, 6.07) is 16.4. The van der Waals surface area contributed by atoms with Gasteiger partial charge in [-0.25, -0.2) is 9.97 Å². The van der Waals surface area contributed by atoms with Crippen molar-refractivity contribution in [1.82, 2.24) is 9.97 Å². The number of hydrogen-bond acceptors (Lipinski definition) is 4. The van der Waals surface area contributed by atoms with Gasteiger partial charge < -0.3 is 0 Å². The van der Waals surface area contributed by atoms with Gasteiger partial charge in [0, 0.05) is 23.2 Å². The molecule has 27 heavy (non-hydrogen) atoms. The van der Waals surface area contributed by atoms with Crippen LogP contribution in [-0.4, -0.2) is 21.7 Å². The lowest BCUT2D eigenvalue weighted by Crippen LogP contribution is -2.22. The van der Waals surface area contributed by atoms with Crippen LogP contribution in [0.1, 0.15) is 44.3 Å². The van der Waals surface area contributed by atoms with Crippen LogP contribution >= 0.6 is 11.6 Å². The van der Waals surface area contributed by atoms with E-state index >= 15 is 0 Å². The van der Waals surface area contributed by atoms with Crippen molar-refractivity contribution in [2.75, 3.05) is 5.32 Å². The first-order chi connectivity index (χ1) is 13.1. The Hall–Kier alpha value is -3.05. The number of benzene rings is 2. The van der Waals surface area contributed by atoms with E-state index in [2.05, 4.69) is 15.3 Å². The van der Waals surface area contributed by atoms with E-state index in [4.69, 9.17) is 11.6 Å². The SMILES string of the molecule is O=C(Nc1ncc2c(n1)C[C@H](c1ccccc1Cl)CC2=O)c1ccccc1. The van der Waals surface area contributed by atoms with Crippen LogP contribution in [-0.2, 0) is 6.42 Å². The van der Waals surface area contributed by atoms with E-state index in [1.165, 1.54) is 6.20 Å². The van der Waals surface area contributed by atoms with Crippen LogP contribution in [0.4, 0.5) is 5.95 Å². The first-order valence-corrected chi connectivity index (χ1v) is 8.99. The van der Waals surface area contributed by atoms with Gasteiger partial charge in [-0.05, 0) is 36.1 Å². The Balaban J connectivity index is 1.60. The van der Waals surface area contributed by atoms with Crippen LogP contribution in [0.15, 0.2) is 60.8 Å². The number of fused-ring (bicyclic) bond motifs is 1. The van der Waals surface area contributed by atoms with Gasteiger partial charge in [0.2, 0.25) is 5.95 Å². The van der Waals surface area contributed by atoms with E-state index in [1.54, 1.807) is 24.3 Å². The average Bonchev–Trinajstić information content (AvgIpc) is 2.68. The summed E-state index contributed by atoms with van der Waals surface area (Å²) < 4.78 is 0. The van der Waals surface area contributed by atoms with Crippen LogP contribution in [0, 0.1) is 0 Å². The number of Topliss-reactive ketones (excluding diaryl/α,β-unsaturated/α-hetero) is 1. The Morgan fingerprint density at radius 3 is 2.56 bits per heavy atom. The molecule has 1 aromatic heterocycles. The molecule has 0 bridgehead atoms. The van der Waals surface area contributed by atoms with Crippen LogP contribution in [0.2, 0.25) is 5.02 Å². The van der Waals surface area contributed by atoms with Crippen molar-refractivity contribution in [2.45, 2.75) is 18.8 Å². The second-order valence-electron chi connectivity index (χ2n) is 6.42. The summed E-state index contributed by atoms with van der Waals surface area (Å²) in [7, 11) is 0. The highest BCUT2D eigenvalue weighted by Gasteiger charge is 2.29. The molecule has 0 saturated heterocycles. The van der Waals surface area contributed by atoms with Crippen LogP contribution < -0.4 is 5.32 Å². The van der Waals surface area contributed by atoms with Crippen molar-refractivity contribution >= 4 is 29.2 Å². The molecule has 0 unspecified atom stereocenters. The average molecular weight is 378 g/mol. The highest BCUT2D eigenvalue weighted by molar-refractivity contribution is 6.31. The Morgan fingerprint density at radius 1 is 1.04 bits per heavy atom. The molecule has 1 amide bonds. The molecule has 0 spiro atoms. The largest absolute Gasteiger partial charge is 0.294 e. The van der Waals surface area contributed by atoms with Crippen molar-refractivity contribution in [3.05, 3.63) is 88.2 Å². The second kappa shape index (κ2) is 7.29. The van der Waals surface area contributed by atoms with Gasteiger partial charge in [-0.3, -0.25) is 14.9 Å². The molecule has 134 valence electrons. The molecule has 3 aromatic rings. The third-order valence-corrected chi connectivity index (χ3v) is 4.99. The molecule has 1 aliphatic carbocycles. The summed E-state index contributed by atoms with van der Waals surface area (Å²) in [4.78, 5) is 33.4. The number of aromatic nitrogens is 2. The zero-order chi connectivity index (χ0) is 18.8. The number of ketones is 1. The van der Waals surface area contributed by atoms with Crippen molar-refractivity contribution < 1.29 is 9.59 Å². The van der Waals surface area contributed by atoms with Crippen molar-refractivity contribution in [1.29, 1.82) is 0 Å². The normalized spacial score (nSPS) is 15.9. The summed E-state index contributed by atoms with van der Waals surface area (Å²) in [5.41, 5.74) is 2.60. The zero-order valence-electron chi connectivity index (χ0n) is 14.4. The summed E-state index contributed by atoms with van der Waals surface area (Å²) in [6.45, 7) is 0. The number of nitrogens with one attached hydrogen (secondary N) is 1. The Morgan fingerprint density at radius 2 is 1.78 bits per heavy atom. The number of rotatable bonds is 3. The molecule has 5 nitrogen and oxygen atoms in total. The zero-order valence-corrected chi connectivity index (χ0v) is 15.1. The molecule has 1 aliphatic rings. The molecule has 1 heterocycles. The lowest BCUT2D eigenvalue weighted by atomic mass is 9.82. The highest BCUT2D eigenvalue weighted by Crippen LogP contribution is 2.35. The Bertz CT molecular complexity index is 1020. The molecule has 1 atom stereocenters. The Labute approximate surface area is 161 Å². The van der Waals surface area contributed by atoms with Crippen LogP contribution in [0.3, 0.4) is 0 Å². The van der Waals surface area contributed by atoms with Crippen LogP contribution in [0.25, 0.3) is 0 Å². The lowest BCUT2D eigenvalue weighted by Gasteiger charge is -2.24. The van der Waals surface area contributed by atoms with Crippen molar-refractivity contribution in [3.63, 3.8) is 0 Å². The number of amides is 1. The fourth-order valence-electron chi connectivity index (χ4n) is 3.29. The molecule has 2 aromatic carbocycles. The molecular formula is C21H16ClN3O2. The van der Waals surface area contributed by atoms with Crippen LogP contribution in [0.5, 0.6) is 0 Å². The predicted octanol–water partition coefficient (Wildman–Crippen LogP) is 4.30. The van der Waals surface area contributed by atoms with E-state index in [0.717, 1.165) is 5.56 Å². The number of halogens is 1.